The fraction of sp³-hybridized carbons (Fsp3) is 0.680. The highest BCUT2D eigenvalue weighted by Gasteiger charge is 2.59. The number of likely N-dealkylation sites (tertiary alicyclic amines) is 2. The first-order chi connectivity index (χ1) is 14.8. The van der Waals surface area contributed by atoms with Crippen molar-refractivity contribution in [3.05, 3.63) is 47.6 Å². The Hall–Kier alpha value is -1.92. The Kier molecular flexibility index (Phi) is 4.32. The number of fused-ring (bicyclic) bond motifs is 2. The van der Waals surface area contributed by atoms with Gasteiger partial charge in [0, 0.05) is 62.6 Å². The summed E-state index contributed by atoms with van der Waals surface area (Å²) in [4.78, 5) is 24.1. The van der Waals surface area contributed by atoms with E-state index < -0.39 is 0 Å². The third kappa shape index (κ3) is 3.13. The van der Waals surface area contributed by atoms with Gasteiger partial charge in [0.2, 0.25) is 0 Å². The zero-order valence-corrected chi connectivity index (χ0v) is 19.4. The minimum Gasteiger partial charge on any atom is -0.300 e. The molecule has 0 spiro atoms. The molecular formula is C25H34N6. The average Bonchev–Trinajstić information content (AvgIpc) is 3.46. The second-order valence-electron chi connectivity index (χ2n) is 11.1. The summed E-state index contributed by atoms with van der Waals surface area (Å²) in [7, 11) is 0. The van der Waals surface area contributed by atoms with Crippen LogP contribution < -0.4 is 0 Å². The molecule has 2 aliphatic carbocycles. The third-order valence-corrected chi connectivity index (χ3v) is 8.72. The van der Waals surface area contributed by atoms with E-state index >= 15 is 0 Å². The summed E-state index contributed by atoms with van der Waals surface area (Å²) in [6.45, 7) is 15.9. The molecule has 4 fully saturated rings. The Labute approximate surface area is 185 Å². The van der Waals surface area contributed by atoms with Crippen molar-refractivity contribution in [2.45, 2.75) is 58.0 Å². The SMILES string of the molecule is Cc1cnc(C2C3CN(C(C)(C)c4cnc(C5C6CN(C(C)C)CC65)cn4)CC32)cn1. The number of aryl methyl sites for hydroxylation is 1. The van der Waals surface area contributed by atoms with Crippen LogP contribution in [0.3, 0.4) is 0 Å². The normalized spacial score (nSPS) is 34.8. The van der Waals surface area contributed by atoms with Crippen LogP contribution in [0.2, 0.25) is 0 Å². The summed E-state index contributed by atoms with van der Waals surface area (Å²) in [5.74, 6) is 4.23. The van der Waals surface area contributed by atoms with Crippen LogP contribution in [0, 0.1) is 30.6 Å². The van der Waals surface area contributed by atoms with Gasteiger partial charge in [-0.1, -0.05) is 0 Å². The van der Waals surface area contributed by atoms with E-state index in [9.17, 15) is 0 Å². The van der Waals surface area contributed by atoms with Crippen molar-refractivity contribution >= 4 is 0 Å². The lowest BCUT2D eigenvalue weighted by atomic mass is 9.97. The molecule has 2 saturated carbocycles. The molecule has 164 valence electrons. The van der Waals surface area contributed by atoms with Gasteiger partial charge in [0.25, 0.3) is 0 Å². The molecule has 4 aliphatic rings. The average molecular weight is 419 g/mol. The highest BCUT2D eigenvalue weighted by Crippen LogP contribution is 2.60. The lowest BCUT2D eigenvalue weighted by molar-refractivity contribution is 0.129. The molecule has 2 aromatic heterocycles. The maximum absolute atomic E-state index is 4.92. The summed E-state index contributed by atoms with van der Waals surface area (Å²) in [6, 6.07) is 0.659. The van der Waals surface area contributed by atoms with Gasteiger partial charge in [0.1, 0.15) is 0 Å². The second-order valence-corrected chi connectivity index (χ2v) is 11.1. The van der Waals surface area contributed by atoms with Gasteiger partial charge in [-0.25, -0.2) is 0 Å². The molecule has 0 amide bonds. The van der Waals surface area contributed by atoms with E-state index in [0.717, 1.165) is 36.3 Å². The van der Waals surface area contributed by atoms with Crippen LogP contribution in [-0.2, 0) is 5.54 Å². The van der Waals surface area contributed by atoms with Crippen molar-refractivity contribution in [2.24, 2.45) is 23.7 Å². The molecule has 0 bridgehead atoms. The molecule has 6 heteroatoms. The Morgan fingerprint density at radius 2 is 1.32 bits per heavy atom. The zero-order chi connectivity index (χ0) is 21.5. The first-order valence-corrected chi connectivity index (χ1v) is 11.9. The van der Waals surface area contributed by atoms with Gasteiger partial charge in [-0.05, 0) is 58.3 Å². The van der Waals surface area contributed by atoms with Crippen molar-refractivity contribution in [2.75, 3.05) is 26.2 Å². The maximum atomic E-state index is 4.92. The van der Waals surface area contributed by atoms with Crippen LogP contribution in [-0.4, -0.2) is 62.0 Å². The van der Waals surface area contributed by atoms with Gasteiger partial charge >= 0.3 is 0 Å². The van der Waals surface area contributed by atoms with Crippen LogP contribution in [0.1, 0.15) is 62.3 Å². The standard InChI is InChI=1S/C25H34N6/c1-14(2)30-10-16-17(11-30)23(16)21-8-29-22(9-28-21)25(4,5)31-12-18-19(13-31)24(18)20-7-26-15(3)6-27-20/h6-9,14,16-19,23-24H,10-13H2,1-5H3. The van der Waals surface area contributed by atoms with Gasteiger partial charge in [-0.15, -0.1) is 0 Å². The Morgan fingerprint density at radius 1 is 0.774 bits per heavy atom. The molecule has 2 saturated heterocycles. The third-order valence-electron chi connectivity index (χ3n) is 8.72. The van der Waals surface area contributed by atoms with Crippen molar-refractivity contribution in [3.63, 3.8) is 0 Å². The minimum atomic E-state index is -0.0870. The molecule has 0 N–H and O–H groups in total. The predicted molar refractivity (Wildman–Crippen MR) is 120 cm³/mol. The zero-order valence-electron chi connectivity index (χ0n) is 19.4. The number of nitrogens with zero attached hydrogens (tertiary/aromatic N) is 6. The smallest absolute Gasteiger partial charge is 0.0784 e. The van der Waals surface area contributed by atoms with Gasteiger partial charge in [0.15, 0.2) is 0 Å². The van der Waals surface area contributed by atoms with E-state index in [1.165, 1.54) is 24.5 Å². The maximum Gasteiger partial charge on any atom is 0.0784 e. The number of hydrogen-bond acceptors (Lipinski definition) is 6. The Bertz CT molecular complexity index is 945. The van der Waals surface area contributed by atoms with Crippen LogP contribution in [0.15, 0.2) is 24.8 Å². The van der Waals surface area contributed by atoms with E-state index in [4.69, 9.17) is 9.97 Å². The van der Waals surface area contributed by atoms with Crippen molar-refractivity contribution < 1.29 is 0 Å². The number of aromatic nitrogens is 4. The highest BCUT2D eigenvalue weighted by atomic mass is 15.3. The summed E-state index contributed by atoms with van der Waals surface area (Å²) < 4.78 is 0. The molecule has 4 unspecified atom stereocenters. The lowest BCUT2D eigenvalue weighted by Crippen LogP contribution is -2.42. The monoisotopic (exact) mass is 418 g/mol. The largest absolute Gasteiger partial charge is 0.300 e. The van der Waals surface area contributed by atoms with Crippen LogP contribution >= 0.6 is 0 Å². The van der Waals surface area contributed by atoms with E-state index in [-0.39, 0.29) is 5.54 Å². The summed E-state index contributed by atoms with van der Waals surface area (Å²) in [6.07, 6.45) is 8.00. The second kappa shape index (κ2) is 6.79. The molecule has 2 aliphatic heterocycles. The number of piperidine rings is 2. The Morgan fingerprint density at radius 3 is 1.81 bits per heavy atom. The molecule has 0 radical (unpaired) electrons. The highest BCUT2D eigenvalue weighted by molar-refractivity contribution is 5.27. The van der Waals surface area contributed by atoms with Crippen LogP contribution in [0.25, 0.3) is 0 Å². The molecular weight excluding hydrogens is 384 g/mol. The fourth-order valence-electron chi connectivity index (χ4n) is 6.40. The van der Waals surface area contributed by atoms with E-state index in [1.54, 1.807) is 0 Å². The van der Waals surface area contributed by atoms with Gasteiger partial charge < -0.3 is 4.90 Å². The topological polar surface area (TPSA) is 58.0 Å². The summed E-state index contributed by atoms with van der Waals surface area (Å²) in [5.41, 5.74) is 4.38. The summed E-state index contributed by atoms with van der Waals surface area (Å²) in [5, 5.41) is 0. The molecule has 31 heavy (non-hydrogen) atoms. The van der Waals surface area contributed by atoms with E-state index in [0.29, 0.717) is 29.7 Å². The quantitative estimate of drug-likeness (QED) is 0.743. The molecule has 0 aromatic carbocycles. The van der Waals surface area contributed by atoms with Crippen molar-refractivity contribution in [1.82, 2.24) is 29.7 Å². The Balaban J connectivity index is 1.09. The van der Waals surface area contributed by atoms with Gasteiger partial charge in [0.05, 0.1) is 34.5 Å². The minimum absolute atomic E-state index is 0.0870. The molecule has 4 atom stereocenters. The lowest BCUT2D eigenvalue weighted by Gasteiger charge is -2.36. The molecule has 6 nitrogen and oxygen atoms in total. The van der Waals surface area contributed by atoms with Crippen molar-refractivity contribution in [1.29, 1.82) is 0 Å². The van der Waals surface area contributed by atoms with Crippen molar-refractivity contribution in [3.8, 4) is 0 Å². The van der Waals surface area contributed by atoms with Crippen LogP contribution in [0.4, 0.5) is 0 Å². The van der Waals surface area contributed by atoms with Gasteiger partial charge in [-0.2, -0.15) is 0 Å². The number of rotatable bonds is 5. The van der Waals surface area contributed by atoms with E-state index in [1.807, 2.05) is 19.3 Å². The number of hydrogen-bond donors (Lipinski definition) is 0. The predicted octanol–water partition coefficient (Wildman–Crippen LogP) is 3.21. The summed E-state index contributed by atoms with van der Waals surface area (Å²) >= 11 is 0. The van der Waals surface area contributed by atoms with Gasteiger partial charge in [-0.3, -0.25) is 24.8 Å². The van der Waals surface area contributed by atoms with Crippen LogP contribution in [0.5, 0.6) is 0 Å². The van der Waals surface area contributed by atoms with E-state index in [2.05, 4.69) is 59.9 Å². The fourth-order valence-corrected chi connectivity index (χ4v) is 6.40. The first kappa shape index (κ1) is 19.7. The first-order valence-electron chi connectivity index (χ1n) is 11.9. The molecule has 4 heterocycles. The molecule has 6 rings (SSSR count). The molecule has 2 aromatic rings.